The Morgan fingerprint density at radius 1 is 1.57 bits per heavy atom. The molecule has 2 N–H and O–H groups in total. The second-order valence-corrected chi connectivity index (χ2v) is 4.14. The minimum atomic E-state index is -2.37. The highest BCUT2D eigenvalue weighted by Crippen LogP contribution is 2.46. The van der Waals surface area contributed by atoms with Gasteiger partial charge in [0.25, 0.3) is 6.43 Å². The van der Waals surface area contributed by atoms with Crippen molar-refractivity contribution in [3.8, 4) is 0 Å². The van der Waals surface area contributed by atoms with Crippen LogP contribution in [-0.2, 0) is 4.74 Å². The lowest BCUT2D eigenvalue weighted by atomic mass is 10.1. The molecule has 2 nitrogen and oxygen atoms in total. The van der Waals surface area contributed by atoms with Crippen molar-refractivity contribution in [1.82, 2.24) is 0 Å². The molecule has 84 valence electrons. The highest BCUT2D eigenvalue weighted by molar-refractivity contribution is 5.07. The van der Waals surface area contributed by atoms with Crippen LogP contribution in [0.5, 0.6) is 0 Å². The maximum Gasteiger partial charge on any atom is 0.261 e. The van der Waals surface area contributed by atoms with E-state index in [-0.39, 0.29) is 5.54 Å². The zero-order valence-corrected chi connectivity index (χ0v) is 8.64. The van der Waals surface area contributed by atoms with E-state index in [4.69, 9.17) is 10.5 Å². The minimum absolute atomic E-state index is 0.113. The van der Waals surface area contributed by atoms with Crippen molar-refractivity contribution in [1.29, 1.82) is 0 Å². The smallest absolute Gasteiger partial charge is 0.261 e. The molecule has 1 fully saturated rings. The molecule has 4 heteroatoms. The van der Waals surface area contributed by atoms with Crippen LogP contribution in [0.4, 0.5) is 8.78 Å². The van der Waals surface area contributed by atoms with Crippen molar-refractivity contribution >= 4 is 0 Å². The number of halogens is 2. The SMILES string of the molecule is CCCC1CC1(N)CCOCC(F)F. The van der Waals surface area contributed by atoms with E-state index in [1.54, 1.807) is 0 Å². The molecule has 1 aliphatic rings. The Morgan fingerprint density at radius 3 is 2.86 bits per heavy atom. The van der Waals surface area contributed by atoms with Gasteiger partial charge in [0, 0.05) is 12.1 Å². The lowest BCUT2D eigenvalue weighted by Gasteiger charge is -2.11. The van der Waals surface area contributed by atoms with Crippen LogP contribution < -0.4 is 5.73 Å². The fourth-order valence-electron chi connectivity index (χ4n) is 1.88. The molecule has 1 aliphatic carbocycles. The fraction of sp³-hybridized carbons (Fsp3) is 1.00. The zero-order valence-electron chi connectivity index (χ0n) is 8.64. The van der Waals surface area contributed by atoms with E-state index in [0.29, 0.717) is 18.9 Å². The molecule has 0 saturated heterocycles. The van der Waals surface area contributed by atoms with Crippen molar-refractivity contribution in [2.45, 2.75) is 44.6 Å². The second-order valence-electron chi connectivity index (χ2n) is 4.14. The molecule has 2 atom stereocenters. The summed E-state index contributed by atoms with van der Waals surface area (Å²) in [6, 6.07) is 0. The van der Waals surface area contributed by atoms with Crippen LogP contribution in [0.25, 0.3) is 0 Å². The number of rotatable bonds is 7. The number of ether oxygens (including phenoxy) is 1. The first-order valence-corrected chi connectivity index (χ1v) is 5.23. The van der Waals surface area contributed by atoms with Gasteiger partial charge >= 0.3 is 0 Å². The quantitative estimate of drug-likeness (QED) is 0.649. The average Bonchev–Trinajstić information content (AvgIpc) is 2.72. The summed E-state index contributed by atoms with van der Waals surface area (Å²) < 4.78 is 28.2. The van der Waals surface area contributed by atoms with Crippen LogP contribution in [0.2, 0.25) is 0 Å². The third-order valence-electron chi connectivity index (χ3n) is 2.87. The van der Waals surface area contributed by atoms with Gasteiger partial charge in [-0.2, -0.15) is 0 Å². The molecule has 0 aliphatic heterocycles. The van der Waals surface area contributed by atoms with Crippen LogP contribution in [-0.4, -0.2) is 25.2 Å². The first-order chi connectivity index (χ1) is 6.58. The van der Waals surface area contributed by atoms with Crippen LogP contribution in [0, 0.1) is 5.92 Å². The Bertz CT molecular complexity index is 178. The predicted octanol–water partition coefficient (Wildman–Crippen LogP) is 2.18. The normalized spacial score (nSPS) is 31.1. The summed E-state index contributed by atoms with van der Waals surface area (Å²) in [5.74, 6) is 0.586. The summed E-state index contributed by atoms with van der Waals surface area (Å²) in [7, 11) is 0. The van der Waals surface area contributed by atoms with E-state index >= 15 is 0 Å². The molecule has 0 aromatic heterocycles. The molecule has 0 bridgehead atoms. The maximum atomic E-state index is 11.7. The minimum Gasteiger partial charge on any atom is -0.375 e. The van der Waals surface area contributed by atoms with Gasteiger partial charge in [-0.05, 0) is 25.2 Å². The summed E-state index contributed by atoms with van der Waals surface area (Å²) in [6.45, 7) is 2.03. The van der Waals surface area contributed by atoms with Crippen molar-refractivity contribution in [3.05, 3.63) is 0 Å². The van der Waals surface area contributed by atoms with E-state index in [9.17, 15) is 8.78 Å². The summed E-state index contributed by atoms with van der Waals surface area (Å²) >= 11 is 0. The van der Waals surface area contributed by atoms with Gasteiger partial charge < -0.3 is 10.5 Å². The molecule has 0 heterocycles. The fourth-order valence-corrected chi connectivity index (χ4v) is 1.88. The van der Waals surface area contributed by atoms with Gasteiger partial charge in [-0.1, -0.05) is 13.3 Å². The molecule has 1 saturated carbocycles. The van der Waals surface area contributed by atoms with Crippen molar-refractivity contribution in [2.75, 3.05) is 13.2 Å². The van der Waals surface area contributed by atoms with Crippen molar-refractivity contribution in [3.63, 3.8) is 0 Å². The van der Waals surface area contributed by atoms with Crippen molar-refractivity contribution in [2.24, 2.45) is 11.7 Å². The third-order valence-corrected chi connectivity index (χ3v) is 2.87. The Kier molecular flexibility index (Phi) is 4.26. The zero-order chi connectivity index (χ0) is 10.6. The molecular weight excluding hydrogens is 188 g/mol. The van der Waals surface area contributed by atoms with Crippen LogP contribution in [0.1, 0.15) is 32.6 Å². The summed E-state index contributed by atoms with van der Waals surface area (Å²) in [5.41, 5.74) is 5.91. The van der Waals surface area contributed by atoms with Crippen LogP contribution in [0.15, 0.2) is 0 Å². The number of nitrogens with two attached hydrogens (primary N) is 1. The van der Waals surface area contributed by atoms with Gasteiger partial charge in [0.15, 0.2) is 0 Å². The van der Waals surface area contributed by atoms with Crippen LogP contribution in [0.3, 0.4) is 0 Å². The topological polar surface area (TPSA) is 35.2 Å². The lowest BCUT2D eigenvalue weighted by molar-refractivity contribution is 0.0142. The largest absolute Gasteiger partial charge is 0.375 e. The number of hydrogen-bond donors (Lipinski definition) is 1. The molecular formula is C10H19F2NO. The van der Waals surface area contributed by atoms with Crippen molar-refractivity contribution < 1.29 is 13.5 Å². The molecule has 0 aromatic carbocycles. The predicted molar refractivity (Wildman–Crippen MR) is 51.4 cm³/mol. The molecule has 14 heavy (non-hydrogen) atoms. The first kappa shape index (κ1) is 11.9. The Hall–Kier alpha value is -0.220. The van der Waals surface area contributed by atoms with Gasteiger partial charge in [-0.3, -0.25) is 0 Å². The highest BCUT2D eigenvalue weighted by Gasteiger charge is 2.49. The molecule has 0 radical (unpaired) electrons. The Balaban J connectivity index is 2.02. The molecule has 1 rings (SSSR count). The monoisotopic (exact) mass is 207 g/mol. The Labute approximate surface area is 83.8 Å². The Morgan fingerprint density at radius 2 is 2.29 bits per heavy atom. The number of alkyl halides is 2. The maximum absolute atomic E-state index is 11.7. The lowest BCUT2D eigenvalue weighted by Crippen LogP contribution is -2.27. The van der Waals surface area contributed by atoms with E-state index in [1.807, 2.05) is 0 Å². The van der Waals surface area contributed by atoms with E-state index in [2.05, 4.69) is 6.92 Å². The van der Waals surface area contributed by atoms with Gasteiger partial charge in [-0.15, -0.1) is 0 Å². The van der Waals surface area contributed by atoms with Gasteiger partial charge in [-0.25, -0.2) is 8.78 Å². The molecule has 0 amide bonds. The van der Waals surface area contributed by atoms with E-state index in [1.165, 1.54) is 0 Å². The van der Waals surface area contributed by atoms with Crippen LogP contribution >= 0.6 is 0 Å². The molecule has 0 aromatic rings. The van der Waals surface area contributed by atoms with Gasteiger partial charge in [0.1, 0.15) is 6.61 Å². The highest BCUT2D eigenvalue weighted by atomic mass is 19.3. The van der Waals surface area contributed by atoms with E-state index in [0.717, 1.165) is 19.3 Å². The number of hydrogen-bond acceptors (Lipinski definition) is 2. The van der Waals surface area contributed by atoms with Gasteiger partial charge in [0.05, 0.1) is 0 Å². The third kappa shape index (κ3) is 3.50. The summed E-state index contributed by atoms with van der Waals surface area (Å²) in [4.78, 5) is 0. The molecule has 2 unspecified atom stereocenters. The van der Waals surface area contributed by atoms with E-state index < -0.39 is 13.0 Å². The average molecular weight is 207 g/mol. The second kappa shape index (κ2) is 5.03. The summed E-state index contributed by atoms with van der Waals surface area (Å²) in [6.07, 6.45) is 1.66. The standard InChI is InChI=1S/C10H19F2NO/c1-2-3-8-6-10(8,13)4-5-14-7-9(11)12/h8-9H,2-7,13H2,1H3. The first-order valence-electron chi connectivity index (χ1n) is 5.23. The summed E-state index contributed by atoms with van der Waals surface area (Å²) in [5, 5.41) is 0. The molecule has 0 spiro atoms. The van der Waals surface area contributed by atoms with Gasteiger partial charge in [0.2, 0.25) is 0 Å².